The van der Waals surface area contributed by atoms with Gasteiger partial charge in [0.05, 0.1) is 6.61 Å². The lowest BCUT2D eigenvalue weighted by Crippen LogP contribution is -2.34. The maximum atomic E-state index is 6.71. The Morgan fingerprint density at radius 3 is 1.50 bits per heavy atom. The summed E-state index contributed by atoms with van der Waals surface area (Å²) in [4.78, 5) is 0. The number of rotatable bonds is 7. The summed E-state index contributed by atoms with van der Waals surface area (Å²) in [5, 5.41) is 0. The summed E-state index contributed by atoms with van der Waals surface area (Å²) in [7, 11) is 0. The van der Waals surface area contributed by atoms with Gasteiger partial charge in [-0.25, -0.2) is 0 Å². The first-order valence-corrected chi connectivity index (χ1v) is 9.01. The van der Waals surface area contributed by atoms with Gasteiger partial charge in [-0.05, 0) is 22.6 Å². The number of hydrogen-bond acceptors (Lipinski definition) is 1. The van der Waals surface area contributed by atoms with Gasteiger partial charge in [-0.1, -0.05) is 97.9 Å². The molecule has 130 valence electrons. The number of ether oxygens (including phenoxy) is 1. The van der Waals surface area contributed by atoms with Crippen LogP contribution in [0.1, 0.15) is 30.0 Å². The Kier molecular flexibility index (Phi) is 5.89. The van der Waals surface area contributed by atoms with Crippen molar-refractivity contribution in [2.75, 3.05) is 6.61 Å². The van der Waals surface area contributed by atoms with Crippen LogP contribution in [-0.2, 0) is 10.3 Å². The van der Waals surface area contributed by atoms with Crippen molar-refractivity contribution < 1.29 is 4.74 Å². The van der Waals surface area contributed by atoms with E-state index in [1.54, 1.807) is 0 Å². The molecule has 3 aromatic rings. The van der Waals surface area contributed by atoms with E-state index in [4.69, 9.17) is 11.2 Å². The SMILES string of the molecule is C#CCC(C)COC(c1ccccc1)(c1ccccc1)c1ccccc1. The molecule has 0 amide bonds. The van der Waals surface area contributed by atoms with Crippen LogP contribution >= 0.6 is 0 Å². The van der Waals surface area contributed by atoms with Crippen LogP contribution in [0.3, 0.4) is 0 Å². The van der Waals surface area contributed by atoms with Gasteiger partial charge >= 0.3 is 0 Å². The maximum absolute atomic E-state index is 6.71. The zero-order valence-corrected chi connectivity index (χ0v) is 15.1. The normalized spacial score (nSPS) is 12.3. The van der Waals surface area contributed by atoms with Gasteiger partial charge in [0.2, 0.25) is 0 Å². The lowest BCUT2D eigenvalue weighted by molar-refractivity contribution is -0.00442. The number of benzene rings is 3. The van der Waals surface area contributed by atoms with E-state index in [1.807, 2.05) is 18.2 Å². The molecule has 3 aromatic carbocycles. The second-order valence-electron chi connectivity index (χ2n) is 6.60. The molecule has 0 radical (unpaired) electrons. The third-order valence-corrected chi connectivity index (χ3v) is 4.59. The monoisotopic (exact) mass is 340 g/mol. The second kappa shape index (κ2) is 8.52. The molecule has 0 heterocycles. The Balaban J connectivity index is 2.16. The fourth-order valence-electron chi connectivity index (χ4n) is 3.30. The number of terminal acetylenes is 1. The Morgan fingerprint density at radius 1 is 0.769 bits per heavy atom. The van der Waals surface area contributed by atoms with Gasteiger partial charge in [0.15, 0.2) is 0 Å². The minimum absolute atomic E-state index is 0.288. The van der Waals surface area contributed by atoms with Crippen LogP contribution < -0.4 is 0 Å². The molecular formula is C25H24O. The van der Waals surface area contributed by atoms with Crippen LogP contribution in [-0.4, -0.2) is 6.61 Å². The van der Waals surface area contributed by atoms with Crippen molar-refractivity contribution in [3.63, 3.8) is 0 Å². The zero-order valence-electron chi connectivity index (χ0n) is 15.1. The molecule has 0 spiro atoms. The highest BCUT2D eigenvalue weighted by atomic mass is 16.5. The maximum Gasteiger partial charge on any atom is 0.143 e. The van der Waals surface area contributed by atoms with Crippen molar-refractivity contribution >= 4 is 0 Å². The van der Waals surface area contributed by atoms with E-state index in [0.29, 0.717) is 13.0 Å². The topological polar surface area (TPSA) is 9.23 Å². The Labute approximate surface area is 156 Å². The summed E-state index contributed by atoms with van der Waals surface area (Å²) in [6, 6.07) is 31.2. The molecular weight excluding hydrogens is 316 g/mol. The first-order valence-electron chi connectivity index (χ1n) is 9.01. The molecule has 0 fully saturated rings. The first kappa shape index (κ1) is 18.0. The summed E-state index contributed by atoms with van der Waals surface area (Å²) < 4.78 is 6.71. The van der Waals surface area contributed by atoms with Crippen LogP contribution in [0.4, 0.5) is 0 Å². The molecule has 0 saturated heterocycles. The van der Waals surface area contributed by atoms with E-state index in [9.17, 15) is 0 Å². The highest BCUT2D eigenvalue weighted by Crippen LogP contribution is 2.40. The predicted molar refractivity (Wildman–Crippen MR) is 108 cm³/mol. The van der Waals surface area contributed by atoms with E-state index in [1.165, 1.54) is 0 Å². The van der Waals surface area contributed by atoms with Gasteiger partial charge in [-0.3, -0.25) is 0 Å². The third-order valence-electron chi connectivity index (χ3n) is 4.59. The summed E-state index contributed by atoms with van der Waals surface area (Å²) in [5.41, 5.74) is 2.69. The van der Waals surface area contributed by atoms with E-state index in [2.05, 4.69) is 85.6 Å². The lowest BCUT2D eigenvalue weighted by atomic mass is 9.80. The molecule has 1 nitrogen and oxygen atoms in total. The molecule has 0 aromatic heterocycles. The summed E-state index contributed by atoms with van der Waals surface area (Å²) in [6.07, 6.45) is 6.20. The molecule has 26 heavy (non-hydrogen) atoms. The minimum Gasteiger partial charge on any atom is -0.361 e. The molecule has 3 rings (SSSR count). The molecule has 0 saturated carbocycles. The van der Waals surface area contributed by atoms with Crippen molar-refractivity contribution in [1.29, 1.82) is 0 Å². The van der Waals surface area contributed by atoms with Gasteiger partial charge in [0.25, 0.3) is 0 Å². The fourth-order valence-corrected chi connectivity index (χ4v) is 3.30. The standard InChI is InChI=1S/C25H24O/c1-3-13-21(2)20-26-25(22-14-7-4-8-15-22,23-16-9-5-10-17-23)24-18-11-6-12-19-24/h1,4-12,14-19,21H,13,20H2,2H3. The van der Waals surface area contributed by atoms with E-state index in [0.717, 1.165) is 16.7 Å². The van der Waals surface area contributed by atoms with Crippen LogP contribution in [0.15, 0.2) is 91.0 Å². The molecule has 0 aliphatic carbocycles. The molecule has 1 heteroatoms. The van der Waals surface area contributed by atoms with Gasteiger partial charge in [-0.15, -0.1) is 12.3 Å². The smallest absolute Gasteiger partial charge is 0.143 e. The van der Waals surface area contributed by atoms with Crippen molar-refractivity contribution in [2.45, 2.75) is 18.9 Å². The molecule has 0 bridgehead atoms. The lowest BCUT2D eigenvalue weighted by Gasteiger charge is -2.36. The summed E-state index contributed by atoms with van der Waals surface area (Å²) >= 11 is 0. The highest BCUT2D eigenvalue weighted by molar-refractivity contribution is 5.47. The summed E-state index contributed by atoms with van der Waals surface area (Å²) in [6.45, 7) is 2.72. The molecule has 0 aliphatic heterocycles. The van der Waals surface area contributed by atoms with Crippen molar-refractivity contribution in [3.05, 3.63) is 108 Å². The zero-order chi connectivity index (χ0) is 18.2. The molecule has 0 N–H and O–H groups in total. The van der Waals surface area contributed by atoms with E-state index >= 15 is 0 Å². The Hall–Kier alpha value is -2.82. The fraction of sp³-hybridized carbons (Fsp3) is 0.200. The van der Waals surface area contributed by atoms with Gasteiger partial charge in [-0.2, -0.15) is 0 Å². The predicted octanol–water partition coefficient (Wildman–Crippen LogP) is 5.65. The third kappa shape index (κ3) is 3.72. The summed E-state index contributed by atoms with van der Waals surface area (Å²) in [5.74, 6) is 3.03. The number of hydrogen-bond donors (Lipinski definition) is 0. The van der Waals surface area contributed by atoms with Crippen molar-refractivity contribution in [3.8, 4) is 12.3 Å². The van der Waals surface area contributed by atoms with E-state index in [-0.39, 0.29) is 5.92 Å². The van der Waals surface area contributed by atoms with Crippen molar-refractivity contribution in [2.24, 2.45) is 5.92 Å². The van der Waals surface area contributed by atoms with Crippen LogP contribution in [0.5, 0.6) is 0 Å². The largest absolute Gasteiger partial charge is 0.361 e. The van der Waals surface area contributed by atoms with Crippen LogP contribution in [0.2, 0.25) is 0 Å². The molecule has 1 atom stereocenters. The Bertz CT molecular complexity index is 735. The average Bonchev–Trinajstić information content (AvgIpc) is 2.71. The van der Waals surface area contributed by atoms with E-state index < -0.39 is 5.60 Å². The second-order valence-corrected chi connectivity index (χ2v) is 6.60. The van der Waals surface area contributed by atoms with Gasteiger partial charge in [0.1, 0.15) is 5.60 Å². The van der Waals surface area contributed by atoms with Crippen molar-refractivity contribution in [1.82, 2.24) is 0 Å². The van der Waals surface area contributed by atoms with Crippen LogP contribution in [0.25, 0.3) is 0 Å². The molecule has 0 aliphatic rings. The highest BCUT2D eigenvalue weighted by Gasteiger charge is 2.37. The quantitative estimate of drug-likeness (QED) is 0.399. The first-order chi connectivity index (χ1) is 12.8. The minimum atomic E-state index is -0.660. The Morgan fingerprint density at radius 2 is 1.15 bits per heavy atom. The molecule has 1 unspecified atom stereocenters. The van der Waals surface area contributed by atoms with Gasteiger partial charge in [0, 0.05) is 6.42 Å². The van der Waals surface area contributed by atoms with Crippen LogP contribution in [0, 0.1) is 18.3 Å². The van der Waals surface area contributed by atoms with Gasteiger partial charge < -0.3 is 4.74 Å². The average molecular weight is 340 g/mol.